The molecule has 1 aliphatic rings. The molecule has 3 atom stereocenters. The summed E-state index contributed by atoms with van der Waals surface area (Å²) in [4.78, 5) is 45.5. The number of hydrogen-bond acceptors (Lipinski definition) is 6. The Balaban J connectivity index is 1.67. The van der Waals surface area contributed by atoms with E-state index < -0.39 is 23.6 Å². The van der Waals surface area contributed by atoms with Crippen LogP contribution in [0.3, 0.4) is 0 Å². The van der Waals surface area contributed by atoms with Gasteiger partial charge < -0.3 is 20.6 Å². The Morgan fingerprint density at radius 3 is 2.51 bits per heavy atom. The first kappa shape index (κ1) is 27.3. The second-order valence-corrected chi connectivity index (χ2v) is 11.5. The SMILES string of the molecule is Cc1ncsc1-c1ccc(CNC(=O)[C@@H]2C[C@@H](O)CN2C(=O)[C@@H](NC(=O)CCBr)C(C)(C)C)cc1. The molecule has 0 spiro atoms. The molecule has 1 saturated heterocycles. The zero-order chi connectivity index (χ0) is 25.8. The molecule has 3 rings (SSSR count). The molecule has 0 aliphatic carbocycles. The Kier molecular flexibility index (Phi) is 9.06. The average molecular weight is 566 g/mol. The van der Waals surface area contributed by atoms with Crippen LogP contribution in [0.15, 0.2) is 29.8 Å². The minimum absolute atomic E-state index is 0.0563. The van der Waals surface area contributed by atoms with Crippen molar-refractivity contribution in [2.45, 2.75) is 65.3 Å². The molecule has 0 bridgehead atoms. The molecule has 190 valence electrons. The van der Waals surface area contributed by atoms with Crippen LogP contribution < -0.4 is 10.6 Å². The van der Waals surface area contributed by atoms with Crippen molar-refractivity contribution < 1.29 is 19.5 Å². The highest BCUT2D eigenvalue weighted by Gasteiger charge is 2.44. The molecular weight excluding hydrogens is 532 g/mol. The number of nitrogens with one attached hydrogen (secondary N) is 2. The summed E-state index contributed by atoms with van der Waals surface area (Å²) in [7, 11) is 0. The number of nitrogens with zero attached hydrogens (tertiary/aromatic N) is 2. The summed E-state index contributed by atoms with van der Waals surface area (Å²) in [5.41, 5.74) is 4.24. The van der Waals surface area contributed by atoms with Gasteiger partial charge in [-0.05, 0) is 23.5 Å². The van der Waals surface area contributed by atoms with Crippen LogP contribution in [0.4, 0.5) is 0 Å². The molecule has 1 fully saturated rings. The quantitative estimate of drug-likeness (QED) is 0.427. The fraction of sp³-hybridized carbons (Fsp3) is 0.520. The average Bonchev–Trinajstić information content (AvgIpc) is 3.40. The molecule has 35 heavy (non-hydrogen) atoms. The number of rotatable bonds is 8. The van der Waals surface area contributed by atoms with E-state index in [1.165, 1.54) is 4.90 Å². The van der Waals surface area contributed by atoms with Gasteiger partial charge in [0.25, 0.3) is 0 Å². The number of carbonyl (C=O) groups is 3. The van der Waals surface area contributed by atoms with E-state index in [4.69, 9.17) is 0 Å². The maximum absolute atomic E-state index is 13.4. The highest BCUT2D eigenvalue weighted by Crippen LogP contribution is 2.28. The predicted molar refractivity (Wildman–Crippen MR) is 140 cm³/mol. The molecule has 3 N–H and O–H groups in total. The largest absolute Gasteiger partial charge is 0.391 e. The van der Waals surface area contributed by atoms with E-state index in [-0.39, 0.29) is 37.1 Å². The minimum Gasteiger partial charge on any atom is -0.391 e. The lowest BCUT2D eigenvalue weighted by Gasteiger charge is -2.35. The maximum Gasteiger partial charge on any atom is 0.246 e. The number of aliphatic hydroxyl groups excluding tert-OH is 1. The number of aromatic nitrogens is 1. The van der Waals surface area contributed by atoms with E-state index in [1.54, 1.807) is 11.3 Å². The van der Waals surface area contributed by atoms with Gasteiger partial charge in [-0.15, -0.1) is 11.3 Å². The van der Waals surface area contributed by atoms with Gasteiger partial charge in [0.1, 0.15) is 12.1 Å². The second-order valence-electron chi connectivity index (χ2n) is 9.88. The number of aryl methyl sites for hydroxylation is 1. The van der Waals surface area contributed by atoms with E-state index >= 15 is 0 Å². The summed E-state index contributed by atoms with van der Waals surface area (Å²) in [5, 5.41) is 16.5. The Morgan fingerprint density at radius 1 is 1.26 bits per heavy atom. The van der Waals surface area contributed by atoms with Crippen molar-refractivity contribution in [1.82, 2.24) is 20.5 Å². The lowest BCUT2D eigenvalue weighted by molar-refractivity contribution is -0.144. The van der Waals surface area contributed by atoms with Gasteiger partial charge in [0.05, 0.1) is 22.2 Å². The summed E-state index contributed by atoms with van der Waals surface area (Å²) in [6, 6.07) is 6.31. The van der Waals surface area contributed by atoms with Gasteiger partial charge in [0.2, 0.25) is 17.7 Å². The summed E-state index contributed by atoms with van der Waals surface area (Å²) in [6.07, 6.45) is -0.392. The van der Waals surface area contributed by atoms with Crippen LogP contribution in [0.2, 0.25) is 0 Å². The number of halogens is 1. The number of likely N-dealkylation sites (tertiary alicyclic amines) is 1. The van der Waals surface area contributed by atoms with E-state index in [0.717, 1.165) is 21.7 Å². The Hall–Kier alpha value is -2.30. The monoisotopic (exact) mass is 564 g/mol. The smallest absolute Gasteiger partial charge is 0.246 e. The third kappa shape index (κ3) is 6.89. The molecule has 8 nitrogen and oxygen atoms in total. The van der Waals surface area contributed by atoms with Crippen molar-refractivity contribution in [3.05, 3.63) is 41.0 Å². The number of amides is 3. The summed E-state index contributed by atoms with van der Waals surface area (Å²) in [5.74, 6) is -0.925. The summed E-state index contributed by atoms with van der Waals surface area (Å²) in [6.45, 7) is 7.93. The van der Waals surface area contributed by atoms with Crippen molar-refractivity contribution in [2.24, 2.45) is 5.41 Å². The number of aliphatic hydroxyl groups is 1. The number of β-amino-alcohol motifs (C(OH)–C–C–N with tert-alkyl or cyclic N) is 1. The van der Waals surface area contributed by atoms with E-state index in [2.05, 4.69) is 31.5 Å². The van der Waals surface area contributed by atoms with Crippen molar-refractivity contribution in [3.63, 3.8) is 0 Å². The van der Waals surface area contributed by atoms with Crippen molar-refractivity contribution in [2.75, 3.05) is 11.9 Å². The van der Waals surface area contributed by atoms with E-state index in [1.807, 2.05) is 57.5 Å². The maximum atomic E-state index is 13.4. The van der Waals surface area contributed by atoms with Crippen molar-refractivity contribution in [3.8, 4) is 10.4 Å². The first-order chi connectivity index (χ1) is 16.5. The molecule has 10 heteroatoms. The lowest BCUT2D eigenvalue weighted by Crippen LogP contribution is -2.57. The number of carbonyl (C=O) groups excluding carboxylic acids is 3. The molecule has 0 saturated carbocycles. The second kappa shape index (κ2) is 11.6. The summed E-state index contributed by atoms with van der Waals surface area (Å²) >= 11 is 4.83. The zero-order valence-corrected chi connectivity index (χ0v) is 22.9. The molecule has 1 aromatic carbocycles. The van der Waals surface area contributed by atoms with E-state index in [9.17, 15) is 19.5 Å². The standard InChI is InChI=1S/C25H33BrN4O4S/c1-15-21(35-14-28-15)17-7-5-16(6-8-17)12-27-23(33)19-11-18(31)13-30(19)24(34)22(25(2,3)4)29-20(32)9-10-26/h5-8,14,18-19,22,31H,9-13H2,1-4H3,(H,27,33)(H,29,32)/t18-,19+,22-/m1/s1. The fourth-order valence-electron chi connectivity index (χ4n) is 4.10. The summed E-state index contributed by atoms with van der Waals surface area (Å²) < 4.78 is 0. The van der Waals surface area contributed by atoms with Gasteiger partial charge in [-0.3, -0.25) is 14.4 Å². The minimum atomic E-state index is -0.808. The highest BCUT2D eigenvalue weighted by molar-refractivity contribution is 9.09. The van der Waals surface area contributed by atoms with Gasteiger partial charge in [-0.2, -0.15) is 0 Å². The first-order valence-electron chi connectivity index (χ1n) is 11.6. The van der Waals surface area contributed by atoms with Crippen LogP contribution in [-0.4, -0.2) is 62.8 Å². The molecule has 0 radical (unpaired) electrons. The van der Waals surface area contributed by atoms with E-state index in [0.29, 0.717) is 11.9 Å². The normalized spacial score (nSPS) is 18.9. The van der Waals surface area contributed by atoms with Crippen LogP contribution >= 0.6 is 27.3 Å². The lowest BCUT2D eigenvalue weighted by atomic mass is 9.85. The highest BCUT2D eigenvalue weighted by atomic mass is 79.9. The Bertz CT molecular complexity index is 1050. The van der Waals surface area contributed by atoms with Crippen LogP contribution in [0.25, 0.3) is 10.4 Å². The number of hydrogen-bond donors (Lipinski definition) is 3. The molecule has 2 aromatic rings. The molecular formula is C25H33BrN4O4S. The van der Waals surface area contributed by atoms with Gasteiger partial charge in [-0.25, -0.2) is 4.98 Å². The molecule has 1 aliphatic heterocycles. The van der Waals surface area contributed by atoms with Crippen LogP contribution in [0.1, 0.15) is 44.9 Å². The van der Waals surface area contributed by atoms with Crippen LogP contribution in [0.5, 0.6) is 0 Å². The third-order valence-corrected chi connectivity index (χ3v) is 7.41. The predicted octanol–water partition coefficient (Wildman–Crippen LogP) is 3.01. The number of benzene rings is 1. The van der Waals surface area contributed by atoms with Crippen LogP contribution in [-0.2, 0) is 20.9 Å². The molecule has 1 aromatic heterocycles. The third-order valence-electron chi connectivity index (χ3n) is 6.03. The Morgan fingerprint density at radius 2 is 1.94 bits per heavy atom. The number of alkyl halides is 1. The van der Waals surface area contributed by atoms with Gasteiger partial charge in [0.15, 0.2) is 0 Å². The topological polar surface area (TPSA) is 112 Å². The van der Waals surface area contributed by atoms with Gasteiger partial charge in [0, 0.05) is 31.3 Å². The van der Waals surface area contributed by atoms with Crippen molar-refractivity contribution >= 4 is 45.0 Å². The first-order valence-corrected chi connectivity index (χ1v) is 13.6. The van der Waals surface area contributed by atoms with Gasteiger partial charge in [-0.1, -0.05) is 61.0 Å². The number of thiazole rings is 1. The fourth-order valence-corrected chi connectivity index (χ4v) is 5.27. The molecule has 2 heterocycles. The van der Waals surface area contributed by atoms with Crippen LogP contribution in [0, 0.1) is 12.3 Å². The zero-order valence-electron chi connectivity index (χ0n) is 20.5. The van der Waals surface area contributed by atoms with Crippen molar-refractivity contribution in [1.29, 1.82) is 0 Å². The molecule has 0 unspecified atom stereocenters. The van der Waals surface area contributed by atoms with Gasteiger partial charge >= 0.3 is 0 Å². The molecule has 3 amide bonds. The Labute approximate surface area is 218 Å².